The molecule has 0 amide bonds. The Morgan fingerprint density at radius 1 is 0.971 bits per heavy atom. The number of hydrogen-bond acceptors (Lipinski definition) is 4. The van der Waals surface area contributed by atoms with Gasteiger partial charge in [-0.15, -0.1) is 0 Å². The number of carbonyl (C=O) groups is 1. The smallest absolute Gasteiger partial charge is 0.267 e. The maximum Gasteiger partial charge on any atom is 0.278 e. The molecule has 5 rings (SSSR count). The van der Waals surface area contributed by atoms with Crippen LogP contribution >= 0.6 is 0 Å². The highest BCUT2D eigenvalue weighted by atomic mass is 16.6. The molecule has 1 aliphatic rings. The van der Waals surface area contributed by atoms with E-state index in [0.717, 1.165) is 33.7 Å². The van der Waals surface area contributed by atoms with Crippen molar-refractivity contribution in [2.45, 2.75) is 13.3 Å². The van der Waals surface area contributed by atoms with Gasteiger partial charge in [0.25, 0.3) is 17.3 Å². The number of nitrogens with zero attached hydrogens (tertiary/aromatic N) is 4. The van der Waals surface area contributed by atoms with Gasteiger partial charge in [-0.1, -0.05) is 72.3 Å². The van der Waals surface area contributed by atoms with Gasteiger partial charge in [0.05, 0.1) is 17.2 Å². The molecule has 0 aliphatic carbocycles. The van der Waals surface area contributed by atoms with E-state index in [4.69, 9.17) is 11.7 Å². The number of nitro groups is 1. The molecule has 34 heavy (non-hydrogen) atoms. The molecule has 1 aliphatic heterocycles. The van der Waals surface area contributed by atoms with E-state index in [1.54, 1.807) is 0 Å². The summed E-state index contributed by atoms with van der Waals surface area (Å²) >= 11 is 0. The Labute approximate surface area is 195 Å². The Morgan fingerprint density at radius 2 is 1.62 bits per heavy atom. The first-order valence-electron chi connectivity index (χ1n) is 10.6. The van der Waals surface area contributed by atoms with Crippen molar-refractivity contribution in [3.05, 3.63) is 117 Å². The molecular weight excluding hydrogens is 428 g/mol. The predicted molar refractivity (Wildman–Crippen MR) is 129 cm³/mol. The number of allylic oxidation sites excluding steroid dienone is 2. The van der Waals surface area contributed by atoms with Gasteiger partial charge in [-0.3, -0.25) is 14.9 Å². The van der Waals surface area contributed by atoms with Gasteiger partial charge in [0, 0.05) is 29.2 Å². The molecule has 0 N–H and O–H groups in total. The molecule has 0 radical (unpaired) electrons. The summed E-state index contributed by atoms with van der Waals surface area (Å²) in [5, 5.41) is 16.0. The van der Waals surface area contributed by atoms with Crippen LogP contribution in [0.25, 0.3) is 32.8 Å². The van der Waals surface area contributed by atoms with Crippen LogP contribution in [0.1, 0.15) is 23.0 Å². The van der Waals surface area contributed by atoms with Crippen LogP contribution in [0.3, 0.4) is 0 Å². The van der Waals surface area contributed by atoms with E-state index in [1.165, 1.54) is 22.9 Å². The van der Waals surface area contributed by atoms with Crippen LogP contribution in [-0.2, 0) is 6.42 Å². The second kappa shape index (κ2) is 8.26. The van der Waals surface area contributed by atoms with Crippen LogP contribution in [0.15, 0.2) is 84.4 Å². The first-order valence-corrected chi connectivity index (χ1v) is 10.6. The van der Waals surface area contributed by atoms with Gasteiger partial charge in [0.15, 0.2) is 0 Å². The summed E-state index contributed by atoms with van der Waals surface area (Å²) in [5.41, 5.74) is 5.62. The van der Waals surface area contributed by atoms with Crippen molar-refractivity contribution in [3.8, 4) is 22.4 Å². The number of fused-ring (bicyclic) bond motifs is 1. The minimum atomic E-state index is -0.592. The van der Waals surface area contributed by atoms with Gasteiger partial charge in [0.1, 0.15) is 5.69 Å². The lowest BCUT2D eigenvalue weighted by Crippen LogP contribution is -2.23. The molecule has 0 spiro atoms. The van der Waals surface area contributed by atoms with Crippen LogP contribution in [0.5, 0.6) is 0 Å². The molecule has 2 heterocycles. The van der Waals surface area contributed by atoms with E-state index < -0.39 is 4.92 Å². The number of carbonyl (C=O) groups excluding carboxylic acids is 1. The molecule has 7 nitrogen and oxygen atoms in total. The second-order valence-corrected chi connectivity index (χ2v) is 8.02. The highest BCUT2D eigenvalue weighted by molar-refractivity contribution is 6.23. The van der Waals surface area contributed by atoms with E-state index in [2.05, 4.69) is 4.85 Å². The van der Waals surface area contributed by atoms with Crippen LogP contribution < -0.4 is 0 Å². The summed E-state index contributed by atoms with van der Waals surface area (Å²) in [6.07, 6.45) is 0.482. The zero-order valence-electron chi connectivity index (χ0n) is 18.2. The van der Waals surface area contributed by atoms with Gasteiger partial charge >= 0.3 is 0 Å². The lowest BCUT2D eigenvalue weighted by atomic mass is 9.90. The quantitative estimate of drug-likeness (QED) is 0.208. The predicted octanol–water partition coefficient (Wildman–Crippen LogP) is 6.35. The summed E-state index contributed by atoms with van der Waals surface area (Å²) in [4.78, 5) is 27.6. The molecule has 1 aromatic heterocycles. The molecule has 0 saturated heterocycles. The molecule has 0 unspecified atom stereocenters. The largest absolute Gasteiger partial charge is 0.278 e. The van der Waals surface area contributed by atoms with Gasteiger partial charge in [-0.05, 0) is 24.1 Å². The highest BCUT2D eigenvalue weighted by Crippen LogP contribution is 2.40. The summed E-state index contributed by atoms with van der Waals surface area (Å²) in [5.74, 6) is -0.317. The number of rotatable bonds is 4. The molecule has 7 heteroatoms. The first kappa shape index (κ1) is 21.0. The topological polar surface area (TPSA) is 82.4 Å². The number of nitro benzene ring substituents is 1. The van der Waals surface area contributed by atoms with Crippen molar-refractivity contribution in [3.63, 3.8) is 0 Å². The molecule has 0 bridgehead atoms. The molecule has 4 aromatic rings. The van der Waals surface area contributed by atoms with Crippen molar-refractivity contribution in [2.75, 3.05) is 0 Å². The average Bonchev–Trinajstić information content (AvgIpc) is 3.24. The fourth-order valence-electron chi connectivity index (χ4n) is 4.41. The standard InChI is InChI=1S/C27H18N4O3/c1-17-15-23-25(18-9-5-3-6-10-18)26(19-11-7-4-8-12-19)29-30(23)27(32)24(17)20-13-14-22(31(33)34)21(16-20)28-2/h3-14,16H,15H2,1H3. The Morgan fingerprint density at radius 3 is 2.24 bits per heavy atom. The first-order chi connectivity index (χ1) is 16.5. The third kappa shape index (κ3) is 3.38. The molecule has 0 saturated carbocycles. The summed E-state index contributed by atoms with van der Waals surface area (Å²) in [6, 6.07) is 23.8. The van der Waals surface area contributed by atoms with Gasteiger partial charge in [0.2, 0.25) is 0 Å². The summed E-state index contributed by atoms with van der Waals surface area (Å²) in [7, 11) is 0. The normalized spacial score (nSPS) is 12.9. The van der Waals surface area contributed by atoms with Crippen LogP contribution in [-0.4, -0.2) is 20.6 Å². The molecule has 164 valence electrons. The van der Waals surface area contributed by atoms with E-state index in [9.17, 15) is 14.9 Å². The van der Waals surface area contributed by atoms with Gasteiger partial charge in [-0.2, -0.15) is 9.78 Å². The Bertz CT molecular complexity index is 1530. The zero-order valence-corrected chi connectivity index (χ0v) is 18.2. The highest BCUT2D eigenvalue weighted by Gasteiger charge is 2.32. The lowest BCUT2D eigenvalue weighted by molar-refractivity contribution is -0.383. The van der Waals surface area contributed by atoms with E-state index in [0.29, 0.717) is 17.6 Å². The Kier molecular flexibility index (Phi) is 5.11. The maximum absolute atomic E-state index is 13.7. The monoisotopic (exact) mass is 446 g/mol. The van der Waals surface area contributed by atoms with Crippen molar-refractivity contribution in [1.82, 2.24) is 9.78 Å². The molecule has 3 aromatic carbocycles. The summed E-state index contributed by atoms with van der Waals surface area (Å²) < 4.78 is 1.44. The fourth-order valence-corrected chi connectivity index (χ4v) is 4.41. The van der Waals surface area contributed by atoms with Crippen molar-refractivity contribution in [2.24, 2.45) is 0 Å². The van der Waals surface area contributed by atoms with Gasteiger partial charge < -0.3 is 0 Å². The fraction of sp³-hybridized carbons (Fsp3) is 0.0741. The number of benzene rings is 3. The third-order valence-corrected chi connectivity index (χ3v) is 5.94. The minimum absolute atomic E-state index is 0.100. The lowest BCUT2D eigenvalue weighted by Gasteiger charge is -2.20. The minimum Gasteiger partial charge on any atom is -0.267 e. The summed E-state index contributed by atoms with van der Waals surface area (Å²) in [6.45, 7) is 9.20. The van der Waals surface area contributed by atoms with Crippen molar-refractivity contribution >= 4 is 22.9 Å². The molecule has 0 fully saturated rings. The second-order valence-electron chi connectivity index (χ2n) is 8.02. The van der Waals surface area contributed by atoms with Crippen LogP contribution in [0, 0.1) is 16.7 Å². The van der Waals surface area contributed by atoms with Crippen molar-refractivity contribution in [1.29, 1.82) is 0 Å². The van der Waals surface area contributed by atoms with Crippen molar-refractivity contribution < 1.29 is 9.72 Å². The third-order valence-electron chi connectivity index (χ3n) is 5.94. The van der Waals surface area contributed by atoms with Gasteiger partial charge in [-0.25, -0.2) is 4.85 Å². The maximum atomic E-state index is 13.7. The molecule has 0 atom stereocenters. The SMILES string of the molecule is [C-]#[N+]c1cc(C2=C(C)Cc3c(-c4ccccc4)c(-c4ccccc4)nn3C2=O)ccc1[N+](=O)[O-]. The Balaban J connectivity index is 1.69. The van der Waals surface area contributed by atoms with E-state index >= 15 is 0 Å². The van der Waals surface area contributed by atoms with Crippen LogP contribution in [0.4, 0.5) is 11.4 Å². The zero-order chi connectivity index (χ0) is 23.8. The Hall–Kier alpha value is -4.83. The molecular formula is C27H18N4O3. The number of hydrogen-bond donors (Lipinski definition) is 0. The van der Waals surface area contributed by atoms with E-state index in [1.807, 2.05) is 67.6 Å². The average molecular weight is 446 g/mol. The number of aromatic nitrogens is 2. The van der Waals surface area contributed by atoms with E-state index in [-0.39, 0.29) is 17.3 Å². The van der Waals surface area contributed by atoms with Crippen LogP contribution in [0.2, 0.25) is 0 Å².